The maximum absolute atomic E-state index is 10.5. The second kappa shape index (κ2) is 9.16. The quantitative estimate of drug-likeness (QED) is 0.656. The Morgan fingerprint density at radius 3 is 2.11 bits per heavy atom. The van der Waals surface area contributed by atoms with Crippen LogP contribution in [0.15, 0.2) is 46.5 Å². The first kappa shape index (κ1) is 16.1. The number of nitrogens with zero attached hydrogens (tertiary/aromatic N) is 1. The van der Waals surface area contributed by atoms with Crippen LogP contribution in [-0.4, -0.2) is 24.3 Å². The zero-order valence-corrected chi connectivity index (χ0v) is 11.5. The van der Waals surface area contributed by atoms with Crippen LogP contribution in [0, 0.1) is 6.92 Å². The van der Waals surface area contributed by atoms with Crippen molar-refractivity contribution in [2.75, 3.05) is 7.05 Å². The van der Waals surface area contributed by atoms with Gasteiger partial charge in [0.05, 0.1) is 0 Å². The van der Waals surface area contributed by atoms with Crippen molar-refractivity contribution < 1.29 is 9.90 Å². The Hall–Kier alpha value is -1.90. The molecule has 0 aliphatic rings. The largest absolute Gasteiger partial charge is 0.478 e. The number of carboxylic acid groups (broad SMARTS) is 1. The van der Waals surface area contributed by atoms with Gasteiger partial charge in [-0.2, -0.15) is 0 Å². The highest BCUT2D eigenvalue weighted by atomic mass is 16.4. The molecule has 18 heavy (non-hydrogen) atoms. The molecule has 0 saturated heterocycles. The Morgan fingerprint density at radius 2 is 1.83 bits per heavy atom. The summed E-state index contributed by atoms with van der Waals surface area (Å²) < 4.78 is 0. The van der Waals surface area contributed by atoms with Crippen molar-refractivity contribution in [3.05, 3.63) is 47.0 Å². The number of benzene rings is 1. The van der Waals surface area contributed by atoms with Gasteiger partial charge in [0.25, 0.3) is 0 Å². The Labute approximate surface area is 109 Å². The minimum absolute atomic E-state index is 0.411. The van der Waals surface area contributed by atoms with E-state index in [-0.39, 0.29) is 0 Å². The van der Waals surface area contributed by atoms with Crippen LogP contribution in [0.1, 0.15) is 25.8 Å². The Balaban J connectivity index is 0.000000351. The van der Waals surface area contributed by atoms with Crippen LogP contribution in [-0.2, 0) is 4.79 Å². The summed E-state index contributed by atoms with van der Waals surface area (Å²) in [4.78, 5) is 14.2. The van der Waals surface area contributed by atoms with E-state index in [9.17, 15) is 4.79 Å². The number of carboxylic acids is 1. The van der Waals surface area contributed by atoms with Gasteiger partial charge in [0.2, 0.25) is 0 Å². The summed E-state index contributed by atoms with van der Waals surface area (Å²) in [5.74, 6) is -0.857. The lowest BCUT2D eigenvalue weighted by molar-refractivity contribution is -0.132. The predicted octanol–water partition coefficient (Wildman–Crippen LogP) is 3.49. The fraction of sp³-hybridized carbons (Fsp3) is 0.333. The van der Waals surface area contributed by atoms with Crippen LogP contribution in [0.25, 0.3) is 0 Å². The van der Waals surface area contributed by atoms with Crippen LogP contribution >= 0.6 is 0 Å². The normalized spacial score (nSPS) is 9.56. The van der Waals surface area contributed by atoms with Gasteiger partial charge in [-0.25, -0.2) is 4.79 Å². The molecule has 0 unspecified atom stereocenters. The van der Waals surface area contributed by atoms with Crippen LogP contribution in [0.2, 0.25) is 0 Å². The molecule has 0 atom stereocenters. The molecule has 0 aliphatic carbocycles. The molecule has 0 aliphatic heterocycles. The first-order valence-corrected chi connectivity index (χ1v) is 5.81. The van der Waals surface area contributed by atoms with Crippen LogP contribution in [0.5, 0.6) is 0 Å². The van der Waals surface area contributed by atoms with Crippen molar-refractivity contribution in [1.29, 1.82) is 0 Å². The molecule has 0 amide bonds. The van der Waals surface area contributed by atoms with E-state index in [1.807, 2.05) is 18.2 Å². The van der Waals surface area contributed by atoms with Gasteiger partial charge in [-0.05, 0) is 20.8 Å². The molecule has 3 nitrogen and oxygen atoms in total. The van der Waals surface area contributed by atoms with Crippen molar-refractivity contribution in [2.24, 2.45) is 4.99 Å². The van der Waals surface area contributed by atoms with Crippen LogP contribution < -0.4 is 0 Å². The zero-order chi connectivity index (χ0) is 14.0. The number of aliphatic carboxylic acids is 1. The summed E-state index contributed by atoms with van der Waals surface area (Å²) in [5.41, 5.74) is 2.58. The molecule has 0 saturated carbocycles. The predicted molar refractivity (Wildman–Crippen MR) is 76.2 cm³/mol. The van der Waals surface area contributed by atoms with Gasteiger partial charge in [-0.3, -0.25) is 0 Å². The average Bonchev–Trinajstić information content (AvgIpc) is 2.30. The molecule has 1 N–H and O–H groups in total. The van der Waals surface area contributed by atoms with Gasteiger partial charge in [0.1, 0.15) is 0 Å². The summed E-state index contributed by atoms with van der Waals surface area (Å²) >= 11 is 0. The fourth-order valence-corrected chi connectivity index (χ4v) is 1.22. The topological polar surface area (TPSA) is 49.7 Å². The van der Waals surface area contributed by atoms with Crippen LogP contribution in [0.3, 0.4) is 0 Å². The van der Waals surface area contributed by atoms with E-state index in [1.54, 1.807) is 27.1 Å². The highest BCUT2D eigenvalue weighted by Gasteiger charge is 2.06. The first-order valence-electron chi connectivity index (χ1n) is 5.81. The number of aryl methyl sites for hydroxylation is 1. The molecule has 0 fully saturated rings. The maximum atomic E-state index is 10.5. The van der Waals surface area contributed by atoms with E-state index in [1.165, 1.54) is 5.56 Å². The molecule has 1 aromatic rings. The third kappa shape index (κ3) is 7.39. The highest BCUT2D eigenvalue weighted by Crippen LogP contribution is 2.06. The van der Waals surface area contributed by atoms with E-state index < -0.39 is 5.97 Å². The van der Waals surface area contributed by atoms with Gasteiger partial charge in [-0.15, -0.1) is 0 Å². The number of rotatable bonds is 3. The second-order valence-electron chi connectivity index (χ2n) is 4.08. The lowest BCUT2D eigenvalue weighted by atomic mass is 10.1. The van der Waals surface area contributed by atoms with E-state index in [0.717, 1.165) is 5.57 Å². The van der Waals surface area contributed by atoms with E-state index in [2.05, 4.69) is 24.0 Å². The Bertz CT molecular complexity index is 415. The minimum Gasteiger partial charge on any atom is -0.478 e. The SMILES string of the molecule is CN=CCC(C(=O)O)=C(C)C.Cc1ccccc1. The minimum atomic E-state index is -0.857. The third-order valence-corrected chi connectivity index (χ3v) is 2.28. The van der Waals surface area contributed by atoms with Gasteiger partial charge in [0.15, 0.2) is 0 Å². The van der Waals surface area contributed by atoms with E-state index >= 15 is 0 Å². The van der Waals surface area contributed by atoms with Crippen LogP contribution in [0.4, 0.5) is 0 Å². The monoisotopic (exact) mass is 247 g/mol. The first-order chi connectivity index (χ1) is 8.49. The van der Waals surface area contributed by atoms with Crippen molar-refractivity contribution in [2.45, 2.75) is 27.2 Å². The van der Waals surface area contributed by atoms with Gasteiger partial charge in [-0.1, -0.05) is 41.5 Å². The Kier molecular flexibility index (Phi) is 8.20. The molecule has 0 spiro atoms. The summed E-state index contributed by atoms with van der Waals surface area (Å²) in [6.07, 6.45) is 2.00. The highest BCUT2D eigenvalue weighted by molar-refractivity contribution is 5.91. The Morgan fingerprint density at radius 1 is 1.28 bits per heavy atom. The molecule has 0 aromatic heterocycles. The molecule has 98 valence electrons. The molecular formula is C15H21NO2. The van der Waals surface area contributed by atoms with Crippen molar-refractivity contribution in [1.82, 2.24) is 0 Å². The second-order valence-corrected chi connectivity index (χ2v) is 4.08. The zero-order valence-electron chi connectivity index (χ0n) is 11.5. The molecular weight excluding hydrogens is 226 g/mol. The maximum Gasteiger partial charge on any atom is 0.331 e. The number of carbonyl (C=O) groups is 1. The van der Waals surface area contributed by atoms with Gasteiger partial charge < -0.3 is 10.1 Å². The molecule has 0 heterocycles. The summed E-state index contributed by atoms with van der Waals surface area (Å²) in [6, 6.07) is 10.3. The summed E-state index contributed by atoms with van der Waals surface area (Å²) in [5, 5.41) is 8.65. The summed E-state index contributed by atoms with van der Waals surface area (Å²) in [7, 11) is 1.63. The number of hydrogen-bond donors (Lipinski definition) is 1. The third-order valence-electron chi connectivity index (χ3n) is 2.28. The number of hydrogen-bond acceptors (Lipinski definition) is 2. The standard InChI is InChI=1S/C8H13NO2.C7H8/c1-6(2)7(8(10)11)4-5-9-3;1-7-5-3-2-4-6-7/h5H,4H2,1-3H3,(H,10,11);2-6H,1H3. The number of allylic oxidation sites excluding steroid dienone is 1. The molecule has 1 aromatic carbocycles. The van der Waals surface area contributed by atoms with Crippen molar-refractivity contribution in [3.63, 3.8) is 0 Å². The molecule has 3 heteroatoms. The van der Waals surface area contributed by atoms with Crippen molar-refractivity contribution in [3.8, 4) is 0 Å². The smallest absolute Gasteiger partial charge is 0.331 e. The van der Waals surface area contributed by atoms with Gasteiger partial charge in [0, 0.05) is 25.3 Å². The molecule has 0 bridgehead atoms. The number of aliphatic imine (C=N–C) groups is 1. The van der Waals surface area contributed by atoms with E-state index in [4.69, 9.17) is 5.11 Å². The van der Waals surface area contributed by atoms with Gasteiger partial charge >= 0.3 is 5.97 Å². The molecule has 1 rings (SSSR count). The van der Waals surface area contributed by atoms with E-state index in [0.29, 0.717) is 12.0 Å². The lowest BCUT2D eigenvalue weighted by Gasteiger charge is -1.98. The lowest BCUT2D eigenvalue weighted by Crippen LogP contribution is -2.02. The molecule has 0 radical (unpaired) electrons. The fourth-order valence-electron chi connectivity index (χ4n) is 1.22. The van der Waals surface area contributed by atoms with Crippen molar-refractivity contribution >= 4 is 12.2 Å². The summed E-state index contributed by atoms with van der Waals surface area (Å²) in [6.45, 7) is 5.65. The average molecular weight is 247 g/mol.